The first-order valence-electron chi connectivity index (χ1n) is 6.37. The topological polar surface area (TPSA) is 59.8 Å². The number of carbonyl (C=O) groups is 1. The molecule has 1 aromatic carbocycles. The Kier molecular flexibility index (Phi) is 4.39. The summed E-state index contributed by atoms with van der Waals surface area (Å²) in [5.41, 5.74) is 0.932. The van der Waals surface area contributed by atoms with Crippen molar-refractivity contribution in [1.82, 2.24) is 20.1 Å². The maximum atomic E-state index is 12.1. The van der Waals surface area contributed by atoms with Gasteiger partial charge in [-0.3, -0.25) is 4.79 Å². The van der Waals surface area contributed by atoms with Crippen molar-refractivity contribution in [3.63, 3.8) is 0 Å². The summed E-state index contributed by atoms with van der Waals surface area (Å²) in [6.07, 6.45) is 0. The molecule has 0 aliphatic rings. The van der Waals surface area contributed by atoms with Crippen molar-refractivity contribution < 1.29 is 4.79 Å². The molecule has 0 saturated heterocycles. The molecule has 5 nitrogen and oxygen atoms in total. The third-order valence-electron chi connectivity index (χ3n) is 3.37. The number of nitrogens with one attached hydrogen (secondary N) is 1. The van der Waals surface area contributed by atoms with Crippen LogP contribution >= 0.6 is 11.6 Å². The SMILES string of the molecule is Cc1nnc(CNC(=O)C(C)c2ccc(Cl)cc2)n1C. The van der Waals surface area contributed by atoms with Gasteiger partial charge in [0, 0.05) is 12.1 Å². The molecule has 0 aliphatic carbocycles. The second-order valence-electron chi connectivity index (χ2n) is 4.71. The van der Waals surface area contributed by atoms with Gasteiger partial charge in [0.2, 0.25) is 5.91 Å². The zero-order valence-corrected chi connectivity index (χ0v) is 12.5. The smallest absolute Gasteiger partial charge is 0.227 e. The van der Waals surface area contributed by atoms with Crippen LogP contribution in [0.3, 0.4) is 0 Å². The molecule has 0 bridgehead atoms. The van der Waals surface area contributed by atoms with Gasteiger partial charge in [0.05, 0.1) is 12.5 Å². The fourth-order valence-corrected chi connectivity index (χ4v) is 1.95. The van der Waals surface area contributed by atoms with E-state index in [1.165, 1.54) is 0 Å². The van der Waals surface area contributed by atoms with Crippen molar-refractivity contribution in [2.24, 2.45) is 7.05 Å². The highest BCUT2D eigenvalue weighted by Crippen LogP contribution is 2.18. The normalized spacial score (nSPS) is 12.2. The van der Waals surface area contributed by atoms with Crippen molar-refractivity contribution in [2.45, 2.75) is 26.3 Å². The summed E-state index contributed by atoms with van der Waals surface area (Å²) in [5.74, 6) is 1.27. The molecule has 0 radical (unpaired) electrons. The first-order chi connectivity index (χ1) is 9.49. The van der Waals surface area contributed by atoms with Crippen LogP contribution in [-0.2, 0) is 18.4 Å². The number of aryl methyl sites for hydroxylation is 1. The second-order valence-corrected chi connectivity index (χ2v) is 5.15. The van der Waals surface area contributed by atoms with Crippen molar-refractivity contribution in [2.75, 3.05) is 0 Å². The highest BCUT2D eigenvalue weighted by Gasteiger charge is 2.15. The minimum absolute atomic E-state index is 0.0482. The lowest BCUT2D eigenvalue weighted by Crippen LogP contribution is -2.28. The van der Waals surface area contributed by atoms with E-state index in [1.54, 1.807) is 12.1 Å². The predicted molar refractivity (Wildman–Crippen MR) is 77.5 cm³/mol. The Hall–Kier alpha value is -1.88. The molecule has 6 heteroatoms. The van der Waals surface area contributed by atoms with Crippen LogP contribution in [0.4, 0.5) is 0 Å². The highest BCUT2D eigenvalue weighted by molar-refractivity contribution is 6.30. The minimum atomic E-state index is -0.235. The van der Waals surface area contributed by atoms with E-state index in [0.29, 0.717) is 11.6 Å². The lowest BCUT2D eigenvalue weighted by molar-refractivity contribution is -0.122. The van der Waals surface area contributed by atoms with Crippen molar-refractivity contribution in [1.29, 1.82) is 0 Å². The number of carbonyl (C=O) groups excluding carboxylic acids is 1. The van der Waals surface area contributed by atoms with Crippen LogP contribution in [0.5, 0.6) is 0 Å². The van der Waals surface area contributed by atoms with E-state index in [9.17, 15) is 4.79 Å². The van der Waals surface area contributed by atoms with Crippen molar-refractivity contribution in [3.05, 3.63) is 46.5 Å². The van der Waals surface area contributed by atoms with Crippen LogP contribution in [0, 0.1) is 6.92 Å². The van der Waals surface area contributed by atoms with Crippen LogP contribution in [0.1, 0.15) is 30.1 Å². The quantitative estimate of drug-likeness (QED) is 0.940. The summed E-state index contributed by atoms with van der Waals surface area (Å²) in [7, 11) is 1.87. The first kappa shape index (κ1) is 14.5. The van der Waals surface area contributed by atoms with E-state index in [-0.39, 0.29) is 11.8 Å². The third-order valence-corrected chi connectivity index (χ3v) is 3.62. The number of rotatable bonds is 4. The molecule has 106 valence electrons. The molecule has 2 rings (SSSR count). The molecule has 1 atom stereocenters. The molecule has 1 heterocycles. The Morgan fingerprint density at radius 3 is 2.55 bits per heavy atom. The van der Waals surface area contributed by atoms with E-state index in [1.807, 2.05) is 37.6 Å². The van der Waals surface area contributed by atoms with Gasteiger partial charge in [0.25, 0.3) is 0 Å². The summed E-state index contributed by atoms with van der Waals surface area (Å²) >= 11 is 5.84. The molecule has 20 heavy (non-hydrogen) atoms. The summed E-state index contributed by atoms with van der Waals surface area (Å²) in [5, 5.41) is 11.5. The van der Waals surface area contributed by atoms with E-state index >= 15 is 0 Å². The van der Waals surface area contributed by atoms with Crippen molar-refractivity contribution in [3.8, 4) is 0 Å². The zero-order valence-electron chi connectivity index (χ0n) is 11.7. The van der Waals surface area contributed by atoms with Crippen LogP contribution in [0.15, 0.2) is 24.3 Å². The van der Waals surface area contributed by atoms with Gasteiger partial charge in [-0.05, 0) is 31.5 Å². The number of hydrogen-bond donors (Lipinski definition) is 1. The average Bonchev–Trinajstić information content (AvgIpc) is 2.76. The number of halogens is 1. The summed E-state index contributed by atoms with van der Waals surface area (Å²) < 4.78 is 1.85. The van der Waals surface area contributed by atoms with Gasteiger partial charge in [0.15, 0.2) is 5.82 Å². The second kappa shape index (κ2) is 6.05. The maximum Gasteiger partial charge on any atom is 0.227 e. The van der Waals surface area contributed by atoms with E-state index in [0.717, 1.165) is 17.2 Å². The largest absolute Gasteiger partial charge is 0.348 e. The number of hydrogen-bond acceptors (Lipinski definition) is 3. The highest BCUT2D eigenvalue weighted by atomic mass is 35.5. The Bertz CT molecular complexity index is 606. The van der Waals surface area contributed by atoms with Crippen LogP contribution in [0.25, 0.3) is 0 Å². The number of nitrogens with zero attached hydrogens (tertiary/aromatic N) is 3. The lowest BCUT2D eigenvalue weighted by Gasteiger charge is -2.12. The van der Waals surface area contributed by atoms with E-state index < -0.39 is 0 Å². The van der Waals surface area contributed by atoms with Crippen molar-refractivity contribution >= 4 is 17.5 Å². The van der Waals surface area contributed by atoms with Crippen LogP contribution < -0.4 is 5.32 Å². The zero-order chi connectivity index (χ0) is 14.7. The standard InChI is InChI=1S/C14H17ClN4O/c1-9(11-4-6-12(15)7-5-11)14(20)16-8-13-18-17-10(2)19(13)3/h4-7,9H,8H2,1-3H3,(H,16,20). The average molecular weight is 293 g/mol. The van der Waals surface area contributed by atoms with Gasteiger partial charge >= 0.3 is 0 Å². The third kappa shape index (κ3) is 3.17. The summed E-state index contributed by atoms with van der Waals surface area (Å²) in [4.78, 5) is 12.1. The fraction of sp³-hybridized carbons (Fsp3) is 0.357. The Balaban J connectivity index is 1.98. The van der Waals surface area contributed by atoms with Gasteiger partial charge in [-0.1, -0.05) is 23.7 Å². The minimum Gasteiger partial charge on any atom is -0.348 e. The van der Waals surface area contributed by atoms with Gasteiger partial charge in [-0.2, -0.15) is 0 Å². The molecule has 0 aliphatic heterocycles. The maximum absolute atomic E-state index is 12.1. The molecule has 1 amide bonds. The molecule has 0 saturated carbocycles. The molecule has 1 unspecified atom stereocenters. The Morgan fingerprint density at radius 2 is 2.00 bits per heavy atom. The molecule has 0 fully saturated rings. The molecule has 1 aromatic heterocycles. The number of aromatic nitrogens is 3. The number of amides is 1. The van der Waals surface area contributed by atoms with Gasteiger partial charge in [0.1, 0.15) is 5.82 Å². The van der Waals surface area contributed by atoms with Crippen LogP contribution in [-0.4, -0.2) is 20.7 Å². The Morgan fingerprint density at radius 1 is 1.35 bits per heavy atom. The molecule has 0 spiro atoms. The van der Waals surface area contributed by atoms with E-state index in [4.69, 9.17) is 11.6 Å². The van der Waals surface area contributed by atoms with Gasteiger partial charge in [-0.25, -0.2) is 0 Å². The Labute approximate surface area is 123 Å². The van der Waals surface area contributed by atoms with Crippen LogP contribution in [0.2, 0.25) is 5.02 Å². The van der Waals surface area contributed by atoms with Gasteiger partial charge < -0.3 is 9.88 Å². The summed E-state index contributed by atoms with van der Waals surface area (Å²) in [6.45, 7) is 4.10. The lowest BCUT2D eigenvalue weighted by atomic mass is 10.0. The molecule has 1 N–H and O–H groups in total. The molecular formula is C14H17ClN4O. The fourth-order valence-electron chi connectivity index (χ4n) is 1.83. The monoisotopic (exact) mass is 292 g/mol. The molecular weight excluding hydrogens is 276 g/mol. The van der Waals surface area contributed by atoms with Gasteiger partial charge in [-0.15, -0.1) is 10.2 Å². The summed E-state index contributed by atoms with van der Waals surface area (Å²) in [6, 6.07) is 7.29. The molecule has 2 aromatic rings. The number of benzene rings is 1. The first-order valence-corrected chi connectivity index (χ1v) is 6.75. The van der Waals surface area contributed by atoms with E-state index in [2.05, 4.69) is 15.5 Å². The predicted octanol–water partition coefficient (Wildman–Crippen LogP) is 2.20.